The second-order valence-electron chi connectivity index (χ2n) is 5.02. The number of benzene rings is 1. The summed E-state index contributed by atoms with van der Waals surface area (Å²) in [5.41, 5.74) is 0.544. The molecule has 1 fully saturated rings. The molecule has 1 aliphatic rings. The van der Waals surface area contributed by atoms with Gasteiger partial charge in [0.05, 0.1) is 32.0 Å². The van der Waals surface area contributed by atoms with E-state index in [1.165, 1.54) is 32.8 Å². The highest BCUT2D eigenvalue weighted by Gasteiger charge is 2.20. The van der Waals surface area contributed by atoms with Crippen LogP contribution in [0.2, 0.25) is 0 Å². The monoisotopic (exact) mass is 278 g/mol. The van der Waals surface area contributed by atoms with E-state index in [1.54, 1.807) is 24.3 Å². The van der Waals surface area contributed by atoms with Crippen LogP contribution in [0.1, 0.15) is 42.5 Å². The fourth-order valence-electron chi connectivity index (χ4n) is 2.06. The quantitative estimate of drug-likeness (QED) is 0.395. The molecule has 4 nitrogen and oxygen atoms in total. The number of esters is 1. The van der Waals surface area contributed by atoms with Crippen LogP contribution in [-0.4, -0.2) is 32.4 Å². The average Bonchev–Trinajstić information content (AvgIpc) is 3.30. The van der Waals surface area contributed by atoms with Crippen molar-refractivity contribution in [3.05, 3.63) is 29.8 Å². The molecular formula is C16H22O4. The van der Waals surface area contributed by atoms with E-state index in [-0.39, 0.29) is 5.97 Å². The number of rotatable bonds is 9. The lowest BCUT2D eigenvalue weighted by atomic mass is 10.1. The van der Waals surface area contributed by atoms with Gasteiger partial charge >= 0.3 is 5.97 Å². The first-order valence-electron chi connectivity index (χ1n) is 7.22. The van der Waals surface area contributed by atoms with E-state index in [2.05, 4.69) is 4.74 Å². The van der Waals surface area contributed by atoms with Gasteiger partial charge in [0.1, 0.15) is 5.75 Å². The molecule has 1 aromatic carbocycles. The maximum Gasteiger partial charge on any atom is 0.337 e. The minimum Gasteiger partial charge on any atom is -0.494 e. The zero-order valence-electron chi connectivity index (χ0n) is 12.0. The zero-order valence-corrected chi connectivity index (χ0v) is 12.0. The van der Waals surface area contributed by atoms with Gasteiger partial charge in [-0.2, -0.15) is 0 Å². The smallest absolute Gasteiger partial charge is 0.337 e. The van der Waals surface area contributed by atoms with Crippen molar-refractivity contribution in [2.45, 2.75) is 38.2 Å². The molecule has 0 spiro atoms. The third-order valence-corrected chi connectivity index (χ3v) is 3.37. The summed E-state index contributed by atoms with van der Waals surface area (Å²) in [6.07, 6.45) is 6.50. The van der Waals surface area contributed by atoms with Crippen molar-refractivity contribution in [3.8, 4) is 5.75 Å². The van der Waals surface area contributed by atoms with Gasteiger partial charge in [0.15, 0.2) is 0 Å². The Morgan fingerprint density at radius 2 is 1.90 bits per heavy atom. The molecule has 1 aromatic rings. The molecule has 0 bridgehead atoms. The van der Waals surface area contributed by atoms with Crippen LogP contribution in [-0.2, 0) is 9.47 Å². The van der Waals surface area contributed by atoms with Crippen LogP contribution in [0.4, 0.5) is 0 Å². The Hall–Kier alpha value is -1.55. The summed E-state index contributed by atoms with van der Waals surface area (Å²) in [5.74, 6) is 0.472. The molecule has 0 aliphatic carbocycles. The van der Waals surface area contributed by atoms with Crippen molar-refractivity contribution >= 4 is 5.97 Å². The summed E-state index contributed by atoms with van der Waals surface area (Å²) in [6, 6.07) is 7.04. The van der Waals surface area contributed by atoms with Crippen LogP contribution < -0.4 is 4.74 Å². The van der Waals surface area contributed by atoms with Gasteiger partial charge in [0.2, 0.25) is 0 Å². The SMILES string of the molecule is COC(=O)c1ccc(OCCCCCCC2CO2)cc1. The van der Waals surface area contributed by atoms with Gasteiger partial charge in [-0.15, -0.1) is 0 Å². The summed E-state index contributed by atoms with van der Waals surface area (Å²) in [4.78, 5) is 11.3. The predicted molar refractivity (Wildman–Crippen MR) is 76.1 cm³/mol. The van der Waals surface area contributed by atoms with Crippen LogP contribution in [0.15, 0.2) is 24.3 Å². The lowest BCUT2D eigenvalue weighted by Crippen LogP contribution is -2.01. The van der Waals surface area contributed by atoms with Crippen LogP contribution in [0.25, 0.3) is 0 Å². The van der Waals surface area contributed by atoms with Crippen molar-refractivity contribution in [3.63, 3.8) is 0 Å². The first kappa shape index (κ1) is 14.9. The van der Waals surface area contributed by atoms with E-state index < -0.39 is 0 Å². The molecule has 1 saturated heterocycles. The standard InChI is InChI=1S/C16H22O4/c1-18-16(17)13-7-9-14(10-8-13)19-11-5-3-2-4-6-15-12-20-15/h7-10,15H,2-6,11-12H2,1H3. The minimum atomic E-state index is -0.323. The van der Waals surface area contributed by atoms with Crippen LogP contribution in [0, 0.1) is 0 Å². The van der Waals surface area contributed by atoms with E-state index >= 15 is 0 Å². The Morgan fingerprint density at radius 1 is 1.20 bits per heavy atom. The Labute approximate surface area is 120 Å². The lowest BCUT2D eigenvalue weighted by molar-refractivity contribution is 0.0600. The van der Waals surface area contributed by atoms with Crippen molar-refractivity contribution in [1.29, 1.82) is 0 Å². The fraction of sp³-hybridized carbons (Fsp3) is 0.562. The molecule has 20 heavy (non-hydrogen) atoms. The van der Waals surface area contributed by atoms with E-state index in [9.17, 15) is 4.79 Å². The van der Waals surface area contributed by atoms with Crippen molar-refractivity contribution < 1.29 is 19.0 Å². The Bertz CT molecular complexity index is 409. The summed E-state index contributed by atoms with van der Waals surface area (Å²) in [5, 5.41) is 0. The number of carbonyl (C=O) groups excluding carboxylic acids is 1. The zero-order chi connectivity index (χ0) is 14.2. The fourth-order valence-corrected chi connectivity index (χ4v) is 2.06. The van der Waals surface area contributed by atoms with Gasteiger partial charge in [0, 0.05) is 0 Å². The van der Waals surface area contributed by atoms with E-state index in [1.807, 2.05) is 0 Å². The molecular weight excluding hydrogens is 256 g/mol. The molecule has 1 heterocycles. The highest BCUT2D eigenvalue weighted by atomic mass is 16.6. The van der Waals surface area contributed by atoms with E-state index in [4.69, 9.17) is 9.47 Å². The maximum atomic E-state index is 11.3. The highest BCUT2D eigenvalue weighted by Crippen LogP contribution is 2.18. The number of unbranched alkanes of at least 4 members (excludes halogenated alkanes) is 3. The predicted octanol–water partition coefficient (Wildman–Crippen LogP) is 3.20. The first-order chi connectivity index (χ1) is 9.79. The Kier molecular flexibility index (Phi) is 5.87. The van der Waals surface area contributed by atoms with Crippen molar-refractivity contribution in [2.24, 2.45) is 0 Å². The van der Waals surface area contributed by atoms with Gasteiger partial charge in [-0.05, 0) is 37.1 Å². The summed E-state index contributed by atoms with van der Waals surface area (Å²) >= 11 is 0. The number of methoxy groups -OCH3 is 1. The van der Waals surface area contributed by atoms with Gasteiger partial charge in [-0.25, -0.2) is 4.79 Å². The molecule has 1 unspecified atom stereocenters. The lowest BCUT2D eigenvalue weighted by Gasteiger charge is -2.06. The molecule has 110 valence electrons. The molecule has 2 rings (SSSR count). The Balaban J connectivity index is 1.55. The third-order valence-electron chi connectivity index (χ3n) is 3.37. The number of hydrogen-bond donors (Lipinski definition) is 0. The maximum absolute atomic E-state index is 11.3. The molecule has 0 aromatic heterocycles. The second-order valence-corrected chi connectivity index (χ2v) is 5.02. The van der Waals surface area contributed by atoms with Gasteiger partial charge in [0.25, 0.3) is 0 Å². The van der Waals surface area contributed by atoms with Crippen molar-refractivity contribution in [1.82, 2.24) is 0 Å². The average molecular weight is 278 g/mol. The first-order valence-corrected chi connectivity index (χ1v) is 7.22. The minimum absolute atomic E-state index is 0.323. The van der Waals surface area contributed by atoms with Crippen LogP contribution >= 0.6 is 0 Å². The Morgan fingerprint density at radius 3 is 2.55 bits per heavy atom. The summed E-state index contributed by atoms with van der Waals surface area (Å²) in [7, 11) is 1.38. The molecule has 0 N–H and O–H groups in total. The van der Waals surface area contributed by atoms with Gasteiger partial charge < -0.3 is 14.2 Å². The van der Waals surface area contributed by atoms with Crippen molar-refractivity contribution in [2.75, 3.05) is 20.3 Å². The van der Waals surface area contributed by atoms with Crippen LogP contribution in [0.5, 0.6) is 5.75 Å². The third kappa shape index (κ3) is 5.21. The molecule has 0 radical (unpaired) electrons. The van der Waals surface area contributed by atoms with E-state index in [0.717, 1.165) is 25.4 Å². The summed E-state index contributed by atoms with van der Waals surface area (Å²) < 4.78 is 15.5. The second kappa shape index (κ2) is 7.90. The number of hydrogen-bond acceptors (Lipinski definition) is 4. The van der Waals surface area contributed by atoms with Crippen LogP contribution in [0.3, 0.4) is 0 Å². The van der Waals surface area contributed by atoms with Gasteiger partial charge in [-0.1, -0.05) is 19.3 Å². The molecule has 0 amide bonds. The molecule has 1 aliphatic heterocycles. The molecule has 4 heteroatoms. The number of carbonyl (C=O) groups is 1. The number of epoxide rings is 1. The highest BCUT2D eigenvalue weighted by molar-refractivity contribution is 5.89. The summed E-state index contributed by atoms with van der Waals surface area (Å²) in [6.45, 7) is 1.68. The topological polar surface area (TPSA) is 48.1 Å². The number of ether oxygens (including phenoxy) is 3. The molecule has 1 atom stereocenters. The largest absolute Gasteiger partial charge is 0.494 e. The normalized spacial score (nSPS) is 16.8. The van der Waals surface area contributed by atoms with E-state index in [0.29, 0.717) is 11.7 Å². The van der Waals surface area contributed by atoms with Gasteiger partial charge in [-0.3, -0.25) is 0 Å². The molecule has 0 saturated carbocycles.